The van der Waals surface area contributed by atoms with Gasteiger partial charge in [0, 0.05) is 24.4 Å². The highest BCUT2D eigenvalue weighted by molar-refractivity contribution is 7.90. The third-order valence-corrected chi connectivity index (χ3v) is 4.96. The van der Waals surface area contributed by atoms with Crippen LogP contribution >= 0.6 is 0 Å². The van der Waals surface area contributed by atoms with Crippen molar-refractivity contribution in [2.24, 2.45) is 0 Å². The van der Waals surface area contributed by atoms with E-state index in [1.807, 2.05) is 13.8 Å². The number of benzene rings is 1. The second kappa shape index (κ2) is 6.76. The van der Waals surface area contributed by atoms with Crippen LogP contribution in [0.2, 0.25) is 0 Å². The SMILES string of the molecule is COc1cc(C(C)C)c(Cc2cnc(C)nc2N)cc1S(C)(=O)=O. The number of hydrogen-bond donors (Lipinski definition) is 1. The summed E-state index contributed by atoms with van der Waals surface area (Å²) in [6.07, 6.45) is 3.32. The number of aryl methyl sites for hydroxylation is 1. The fourth-order valence-electron chi connectivity index (χ4n) is 2.61. The maximum atomic E-state index is 12.1. The molecule has 6 nitrogen and oxygen atoms in total. The lowest BCUT2D eigenvalue weighted by molar-refractivity contribution is 0.401. The molecule has 0 aliphatic heterocycles. The van der Waals surface area contributed by atoms with E-state index >= 15 is 0 Å². The first-order valence-electron chi connectivity index (χ1n) is 7.62. The molecule has 0 unspecified atom stereocenters. The van der Waals surface area contributed by atoms with E-state index in [1.54, 1.807) is 25.3 Å². The number of nitrogen functional groups attached to an aromatic ring is 1. The molecule has 1 aromatic heterocycles. The van der Waals surface area contributed by atoms with Crippen LogP contribution in [0.15, 0.2) is 23.2 Å². The largest absolute Gasteiger partial charge is 0.495 e. The second-order valence-electron chi connectivity index (χ2n) is 6.13. The maximum Gasteiger partial charge on any atom is 0.179 e. The molecule has 2 aromatic rings. The van der Waals surface area contributed by atoms with Crippen LogP contribution in [-0.2, 0) is 16.3 Å². The third-order valence-electron chi connectivity index (χ3n) is 3.85. The summed E-state index contributed by atoms with van der Waals surface area (Å²) < 4.78 is 29.4. The lowest BCUT2D eigenvalue weighted by Crippen LogP contribution is -2.08. The van der Waals surface area contributed by atoms with Crippen molar-refractivity contribution in [3.05, 3.63) is 40.8 Å². The third kappa shape index (κ3) is 3.84. The fraction of sp³-hybridized carbons (Fsp3) is 0.412. The van der Waals surface area contributed by atoms with Crippen molar-refractivity contribution in [2.75, 3.05) is 19.1 Å². The van der Waals surface area contributed by atoms with Gasteiger partial charge in [0.1, 0.15) is 22.3 Å². The molecular formula is C17H23N3O3S. The Balaban J connectivity index is 2.62. The summed E-state index contributed by atoms with van der Waals surface area (Å²) in [5.74, 6) is 1.58. The average Bonchev–Trinajstić information content (AvgIpc) is 2.48. The molecule has 0 radical (unpaired) electrons. The van der Waals surface area contributed by atoms with Gasteiger partial charge in [-0.15, -0.1) is 0 Å². The number of nitrogens with zero attached hydrogens (tertiary/aromatic N) is 2. The highest BCUT2D eigenvalue weighted by Crippen LogP contribution is 2.33. The Bertz CT molecular complexity index is 862. The van der Waals surface area contributed by atoms with Gasteiger partial charge in [-0.25, -0.2) is 18.4 Å². The first kappa shape index (κ1) is 18.2. The van der Waals surface area contributed by atoms with Crippen LogP contribution in [0.25, 0.3) is 0 Å². The van der Waals surface area contributed by atoms with Crippen molar-refractivity contribution in [3.63, 3.8) is 0 Å². The minimum Gasteiger partial charge on any atom is -0.495 e. The van der Waals surface area contributed by atoms with Crippen molar-refractivity contribution in [3.8, 4) is 5.75 Å². The Kier molecular flexibility index (Phi) is 5.13. The summed E-state index contributed by atoms with van der Waals surface area (Å²) >= 11 is 0. The molecular weight excluding hydrogens is 326 g/mol. The molecule has 2 rings (SSSR count). The molecule has 0 saturated heterocycles. The standard InChI is InChI=1S/C17H23N3O3S/c1-10(2)14-8-15(23-4)16(24(5,21)22)7-12(14)6-13-9-19-11(3)20-17(13)18/h7-10H,6H2,1-5H3,(H2,18,19,20). The number of rotatable bonds is 5. The van der Waals surface area contributed by atoms with Crippen LogP contribution in [0.5, 0.6) is 5.75 Å². The quantitative estimate of drug-likeness (QED) is 0.891. The van der Waals surface area contributed by atoms with E-state index in [-0.39, 0.29) is 10.8 Å². The van der Waals surface area contributed by atoms with Gasteiger partial charge >= 0.3 is 0 Å². The Hall–Kier alpha value is -2.15. The summed E-state index contributed by atoms with van der Waals surface area (Å²) in [5, 5.41) is 0. The van der Waals surface area contributed by atoms with E-state index in [0.29, 0.717) is 23.8 Å². The van der Waals surface area contributed by atoms with Crippen LogP contribution < -0.4 is 10.5 Å². The Labute approximate surface area is 143 Å². The molecule has 1 aromatic carbocycles. The summed E-state index contributed by atoms with van der Waals surface area (Å²) in [5.41, 5.74) is 8.64. The van der Waals surface area contributed by atoms with Gasteiger partial charge in [-0.1, -0.05) is 13.8 Å². The lowest BCUT2D eigenvalue weighted by atomic mass is 9.93. The van der Waals surface area contributed by atoms with Gasteiger partial charge < -0.3 is 10.5 Å². The van der Waals surface area contributed by atoms with Crippen molar-refractivity contribution >= 4 is 15.7 Å². The molecule has 0 bridgehead atoms. The second-order valence-corrected chi connectivity index (χ2v) is 8.12. The molecule has 0 aliphatic carbocycles. The van der Waals surface area contributed by atoms with Crippen LogP contribution in [0, 0.1) is 6.92 Å². The first-order chi connectivity index (χ1) is 11.1. The summed E-state index contributed by atoms with van der Waals surface area (Å²) in [4.78, 5) is 8.53. The monoisotopic (exact) mass is 349 g/mol. The van der Waals surface area contributed by atoms with Crippen molar-refractivity contribution in [1.82, 2.24) is 9.97 Å². The van der Waals surface area contributed by atoms with Gasteiger partial charge in [-0.3, -0.25) is 0 Å². The first-order valence-corrected chi connectivity index (χ1v) is 9.51. The number of nitrogens with two attached hydrogens (primary N) is 1. The maximum absolute atomic E-state index is 12.1. The van der Waals surface area contributed by atoms with E-state index < -0.39 is 9.84 Å². The zero-order valence-corrected chi connectivity index (χ0v) is 15.4. The number of sulfone groups is 1. The van der Waals surface area contributed by atoms with E-state index in [9.17, 15) is 8.42 Å². The molecule has 130 valence electrons. The van der Waals surface area contributed by atoms with E-state index in [0.717, 1.165) is 16.7 Å². The van der Waals surface area contributed by atoms with Crippen LogP contribution in [0.3, 0.4) is 0 Å². The summed E-state index contributed by atoms with van der Waals surface area (Å²) in [6.45, 7) is 5.87. The molecule has 0 aliphatic rings. The Morgan fingerprint density at radius 2 is 1.92 bits per heavy atom. The smallest absolute Gasteiger partial charge is 0.179 e. The molecule has 0 amide bonds. The van der Waals surface area contributed by atoms with Crippen LogP contribution in [0.1, 0.15) is 42.3 Å². The predicted molar refractivity (Wildman–Crippen MR) is 94.2 cm³/mol. The van der Waals surface area contributed by atoms with Crippen molar-refractivity contribution in [2.45, 2.75) is 38.0 Å². The zero-order chi connectivity index (χ0) is 18.1. The number of anilines is 1. The molecule has 1 heterocycles. The lowest BCUT2D eigenvalue weighted by Gasteiger charge is -2.18. The molecule has 0 spiro atoms. The summed E-state index contributed by atoms with van der Waals surface area (Å²) in [6, 6.07) is 3.46. The molecule has 2 N–H and O–H groups in total. The number of aromatic nitrogens is 2. The van der Waals surface area contributed by atoms with Gasteiger partial charge in [0.2, 0.25) is 0 Å². The van der Waals surface area contributed by atoms with Gasteiger partial charge in [0.15, 0.2) is 9.84 Å². The Morgan fingerprint density at radius 1 is 1.25 bits per heavy atom. The van der Waals surface area contributed by atoms with Crippen LogP contribution in [-0.4, -0.2) is 31.8 Å². The molecule has 0 atom stereocenters. The van der Waals surface area contributed by atoms with E-state index in [1.165, 1.54) is 13.4 Å². The fourth-order valence-corrected chi connectivity index (χ4v) is 3.48. The average molecular weight is 349 g/mol. The molecule has 7 heteroatoms. The van der Waals surface area contributed by atoms with Gasteiger partial charge in [0.25, 0.3) is 0 Å². The highest BCUT2D eigenvalue weighted by Gasteiger charge is 2.20. The minimum atomic E-state index is -3.41. The van der Waals surface area contributed by atoms with Crippen molar-refractivity contribution in [1.29, 1.82) is 0 Å². The predicted octanol–water partition coefficient (Wildman–Crippen LogP) is 2.49. The van der Waals surface area contributed by atoms with Gasteiger partial charge in [-0.05, 0) is 36.1 Å². The normalized spacial score (nSPS) is 11.8. The number of methoxy groups -OCH3 is 1. The minimum absolute atomic E-state index is 0.177. The highest BCUT2D eigenvalue weighted by atomic mass is 32.2. The molecule has 0 saturated carbocycles. The summed E-state index contributed by atoms with van der Waals surface area (Å²) in [7, 11) is -1.94. The topological polar surface area (TPSA) is 95.2 Å². The van der Waals surface area contributed by atoms with Crippen molar-refractivity contribution < 1.29 is 13.2 Å². The van der Waals surface area contributed by atoms with Crippen LogP contribution in [0.4, 0.5) is 5.82 Å². The number of hydrogen-bond acceptors (Lipinski definition) is 6. The zero-order valence-electron chi connectivity index (χ0n) is 14.6. The van der Waals surface area contributed by atoms with Gasteiger partial charge in [0.05, 0.1) is 7.11 Å². The van der Waals surface area contributed by atoms with Gasteiger partial charge in [-0.2, -0.15) is 0 Å². The number of ether oxygens (including phenoxy) is 1. The van der Waals surface area contributed by atoms with E-state index in [4.69, 9.17) is 10.5 Å². The Morgan fingerprint density at radius 3 is 2.42 bits per heavy atom. The van der Waals surface area contributed by atoms with E-state index in [2.05, 4.69) is 9.97 Å². The molecule has 0 fully saturated rings. The molecule has 24 heavy (non-hydrogen) atoms.